The van der Waals surface area contributed by atoms with Crippen molar-refractivity contribution < 1.29 is 9.59 Å². The summed E-state index contributed by atoms with van der Waals surface area (Å²) in [4.78, 5) is 35.2. The number of nitrogens with one attached hydrogen (secondary N) is 1. The van der Waals surface area contributed by atoms with E-state index in [1.807, 2.05) is 30.3 Å². The van der Waals surface area contributed by atoms with Gasteiger partial charge in [-0.3, -0.25) is 9.59 Å². The number of anilines is 1. The minimum absolute atomic E-state index is 0.0533. The molecule has 164 valence electrons. The third kappa shape index (κ3) is 5.66. The number of likely N-dealkylation sites (tertiary alicyclic amines) is 1. The van der Waals surface area contributed by atoms with Gasteiger partial charge in [-0.1, -0.05) is 30.3 Å². The number of nitrogens with zero attached hydrogens (tertiary/aromatic N) is 3. The van der Waals surface area contributed by atoms with Crippen molar-refractivity contribution in [3.05, 3.63) is 48.2 Å². The summed E-state index contributed by atoms with van der Waals surface area (Å²) in [6.07, 6.45) is 7.68. The van der Waals surface area contributed by atoms with E-state index in [0.29, 0.717) is 24.9 Å². The molecule has 2 aromatic rings. The molecular formula is C24H30N4O2S. The van der Waals surface area contributed by atoms with Crippen molar-refractivity contribution >= 4 is 29.3 Å². The summed E-state index contributed by atoms with van der Waals surface area (Å²) in [6, 6.07) is 11.5. The van der Waals surface area contributed by atoms with Gasteiger partial charge in [0.2, 0.25) is 5.91 Å². The number of piperidine rings is 1. The van der Waals surface area contributed by atoms with Crippen LogP contribution in [0.3, 0.4) is 0 Å². The Hall–Kier alpha value is -2.38. The molecule has 1 saturated heterocycles. The normalized spacial score (nSPS) is 16.4. The van der Waals surface area contributed by atoms with E-state index < -0.39 is 0 Å². The lowest BCUT2D eigenvalue weighted by Crippen LogP contribution is -2.34. The highest BCUT2D eigenvalue weighted by molar-refractivity contribution is 7.99. The maximum Gasteiger partial charge on any atom is 0.261 e. The topological polar surface area (TPSA) is 65.5 Å². The van der Waals surface area contributed by atoms with Gasteiger partial charge in [0.05, 0.1) is 11.3 Å². The molecule has 1 aromatic heterocycles. The molecule has 6 nitrogen and oxygen atoms in total. The van der Waals surface area contributed by atoms with E-state index in [1.165, 1.54) is 44.1 Å². The first kappa shape index (κ1) is 21.8. The number of pyridine rings is 1. The van der Waals surface area contributed by atoms with Gasteiger partial charge in [0, 0.05) is 30.6 Å². The fourth-order valence-electron chi connectivity index (χ4n) is 4.18. The number of aromatic nitrogens is 1. The second kappa shape index (κ2) is 10.8. The van der Waals surface area contributed by atoms with Crippen LogP contribution in [0, 0.1) is 0 Å². The molecule has 1 aromatic carbocycles. The average Bonchev–Trinajstić information content (AvgIpc) is 2.92. The molecule has 2 amide bonds. The van der Waals surface area contributed by atoms with Crippen LogP contribution < -0.4 is 10.2 Å². The van der Waals surface area contributed by atoms with Gasteiger partial charge in [0.25, 0.3) is 5.91 Å². The Morgan fingerprint density at radius 1 is 1.03 bits per heavy atom. The Balaban J connectivity index is 1.28. The Labute approximate surface area is 188 Å². The van der Waals surface area contributed by atoms with E-state index in [9.17, 15) is 9.59 Å². The first-order valence-corrected chi connectivity index (χ1v) is 12.1. The molecule has 0 radical (unpaired) electrons. The monoisotopic (exact) mass is 438 g/mol. The Morgan fingerprint density at radius 3 is 2.74 bits per heavy atom. The lowest BCUT2D eigenvalue weighted by molar-refractivity contribution is -0.121. The zero-order chi connectivity index (χ0) is 21.5. The number of rotatable bonds is 8. The molecule has 0 spiro atoms. The molecule has 0 saturated carbocycles. The summed E-state index contributed by atoms with van der Waals surface area (Å²) >= 11 is 1.52. The van der Waals surface area contributed by atoms with Crippen LogP contribution in [0.5, 0.6) is 0 Å². The molecule has 4 rings (SSSR count). The smallest absolute Gasteiger partial charge is 0.261 e. The summed E-state index contributed by atoms with van der Waals surface area (Å²) < 4.78 is 0. The van der Waals surface area contributed by atoms with Crippen LogP contribution in [0.25, 0.3) is 0 Å². The first-order chi connectivity index (χ1) is 15.2. The van der Waals surface area contributed by atoms with E-state index in [2.05, 4.69) is 15.2 Å². The van der Waals surface area contributed by atoms with Crippen LogP contribution in [0.1, 0.15) is 48.9 Å². The van der Waals surface area contributed by atoms with Gasteiger partial charge in [-0.15, -0.1) is 0 Å². The van der Waals surface area contributed by atoms with E-state index in [0.717, 1.165) is 35.1 Å². The summed E-state index contributed by atoms with van der Waals surface area (Å²) in [6.45, 7) is 4.67. The third-order valence-electron chi connectivity index (χ3n) is 5.82. The van der Waals surface area contributed by atoms with Crippen molar-refractivity contribution in [2.24, 2.45) is 0 Å². The molecule has 7 heteroatoms. The Kier molecular flexibility index (Phi) is 7.59. The number of fused-ring (bicyclic) bond motifs is 2. The van der Waals surface area contributed by atoms with Crippen molar-refractivity contribution in [1.82, 2.24) is 15.2 Å². The number of amides is 2. The van der Waals surface area contributed by atoms with Crippen LogP contribution in [-0.4, -0.2) is 54.4 Å². The minimum Gasteiger partial charge on any atom is -0.356 e. The molecular weight excluding hydrogens is 408 g/mol. The first-order valence-electron chi connectivity index (χ1n) is 11.3. The van der Waals surface area contributed by atoms with Crippen molar-refractivity contribution in [2.45, 2.75) is 48.4 Å². The number of benzene rings is 1. The average molecular weight is 439 g/mol. The van der Waals surface area contributed by atoms with Gasteiger partial charge in [-0.25, -0.2) is 4.98 Å². The number of carbonyl (C=O) groups excluding carboxylic acids is 2. The molecule has 1 fully saturated rings. The van der Waals surface area contributed by atoms with E-state index in [1.54, 1.807) is 17.2 Å². The number of carbonyl (C=O) groups is 2. The molecule has 3 heterocycles. The predicted molar refractivity (Wildman–Crippen MR) is 124 cm³/mol. The van der Waals surface area contributed by atoms with Gasteiger partial charge in [-0.2, -0.15) is 0 Å². The van der Waals surface area contributed by atoms with Crippen molar-refractivity contribution in [3.63, 3.8) is 0 Å². The number of para-hydroxylation sites is 1. The fraction of sp³-hybridized carbons (Fsp3) is 0.458. The minimum atomic E-state index is -0.0533. The van der Waals surface area contributed by atoms with Gasteiger partial charge < -0.3 is 15.1 Å². The summed E-state index contributed by atoms with van der Waals surface area (Å²) in [5, 5.41) is 3.77. The lowest BCUT2D eigenvalue weighted by atomic mass is 10.1. The van der Waals surface area contributed by atoms with Crippen LogP contribution >= 0.6 is 11.8 Å². The molecule has 0 aliphatic carbocycles. The van der Waals surface area contributed by atoms with Crippen LogP contribution in [-0.2, 0) is 4.79 Å². The van der Waals surface area contributed by atoms with Gasteiger partial charge in [0.1, 0.15) is 5.03 Å². The Morgan fingerprint density at radius 2 is 1.87 bits per heavy atom. The SMILES string of the molecule is O=C(CCCN1C(=O)c2cccnc2Sc2ccccc21)NCCCN1CCCCC1. The van der Waals surface area contributed by atoms with Crippen molar-refractivity contribution in [2.75, 3.05) is 37.6 Å². The zero-order valence-corrected chi connectivity index (χ0v) is 18.7. The third-order valence-corrected chi connectivity index (χ3v) is 6.90. The van der Waals surface area contributed by atoms with Crippen molar-refractivity contribution in [1.29, 1.82) is 0 Å². The van der Waals surface area contributed by atoms with Crippen LogP contribution in [0.15, 0.2) is 52.5 Å². The van der Waals surface area contributed by atoms with Gasteiger partial charge >= 0.3 is 0 Å². The second-order valence-corrected chi connectivity index (χ2v) is 9.12. The predicted octanol–water partition coefficient (Wildman–Crippen LogP) is 3.97. The molecule has 1 N–H and O–H groups in total. The highest BCUT2D eigenvalue weighted by Crippen LogP contribution is 2.40. The highest BCUT2D eigenvalue weighted by atomic mass is 32.2. The summed E-state index contributed by atoms with van der Waals surface area (Å²) in [7, 11) is 0. The Bertz CT molecular complexity index is 914. The number of hydrogen-bond acceptors (Lipinski definition) is 5. The molecule has 0 unspecified atom stereocenters. The number of hydrogen-bond donors (Lipinski definition) is 1. The molecule has 0 atom stereocenters. The van der Waals surface area contributed by atoms with Crippen molar-refractivity contribution in [3.8, 4) is 0 Å². The van der Waals surface area contributed by atoms with Crippen LogP contribution in [0.4, 0.5) is 5.69 Å². The molecule has 31 heavy (non-hydrogen) atoms. The van der Waals surface area contributed by atoms with Gasteiger partial charge in [0.15, 0.2) is 0 Å². The molecule has 2 aliphatic heterocycles. The van der Waals surface area contributed by atoms with Crippen LogP contribution in [0.2, 0.25) is 0 Å². The standard InChI is InChI=1S/C24H30N4O2S/c29-22(25-14-8-17-27-15-4-1-5-16-27)12-7-18-28-20-10-2-3-11-21(20)31-23-19(24(28)30)9-6-13-26-23/h2-3,6,9-11,13H,1,4-5,7-8,12,14-18H2,(H,25,29). The largest absolute Gasteiger partial charge is 0.356 e. The summed E-state index contributed by atoms with van der Waals surface area (Å²) in [5.74, 6) is 0.00753. The highest BCUT2D eigenvalue weighted by Gasteiger charge is 2.27. The van der Waals surface area contributed by atoms with E-state index in [-0.39, 0.29) is 11.8 Å². The quantitative estimate of drug-likeness (QED) is 0.632. The fourth-order valence-corrected chi connectivity index (χ4v) is 5.20. The maximum absolute atomic E-state index is 13.2. The zero-order valence-electron chi connectivity index (χ0n) is 17.9. The van der Waals surface area contributed by atoms with Gasteiger partial charge in [-0.05, 0) is 69.6 Å². The lowest BCUT2D eigenvalue weighted by Gasteiger charge is -2.26. The molecule has 2 aliphatic rings. The van der Waals surface area contributed by atoms with E-state index >= 15 is 0 Å². The second-order valence-electron chi connectivity index (χ2n) is 8.09. The van der Waals surface area contributed by atoms with E-state index in [4.69, 9.17) is 0 Å². The summed E-state index contributed by atoms with van der Waals surface area (Å²) in [5.41, 5.74) is 1.50. The molecule has 0 bridgehead atoms. The maximum atomic E-state index is 13.2.